The highest BCUT2D eigenvalue weighted by Crippen LogP contribution is 2.18. The summed E-state index contributed by atoms with van der Waals surface area (Å²) in [6.45, 7) is 2.96. The fourth-order valence-electron chi connectivity index (χ4n) is 1.00. The molecule has 1 rings (SSSR count). The highest BCUT2D eigenvalue weighted by Gasteiger charge is 2.02. The van der Waals surface area contributed by atoms with Gasteiger partial charge in [0.15, 0.2) is 4.47 Å². The third-order valence-corrected chi connectivity index (χ3v) is 2.79. The first-order valence-corrected chi connectivity index (χ1v) is 5.35. The van der Waals surface area contributed by atoms with Crippen LogP contribution in [-0.2, 0) is 6.54 Å². The lowest BCUT2D eigenvalue weighted by Crippen LogP contribution is -2.26. The van der Waals surface area contributed by atoms with Gasteiger partial charge >= 0.3 is 0 Å². The molecule has 0 spiro atoms. The molecule has 0 aliphatic carbocycles. The minimum absolute atomic E-state index is 0.622. The van der Waals surface area contributed by atoms with Crippen molar-refractivity contribution in [3.8, 4) is 0 Å². The van der Waals surface area contributed by atoms with Gasteiger partial charge in [-0.1, -0.05) is 11.6 Å². The predicted molar refractivity (Wildman–Crippen MR) is 57.4 cm³/mol. The third-order valence-electron chi connectivity index (χ3n) is 1.69. The van der Waals surface area contributed by atoms with Crippen molar-refractivity contribution in [1.29, 1.82) is 0 Å². The molecule has 3 nitrogen and oxygen atoms in total. The van der Waals surface area contributed by atoms with E-state index in [-0.39, 0.29) is 0 Å². The molecule has 1 heterocycles. The van der Waals surface area contributed by atoms with E-state index in [1.807, 2.05) is 13.2 Å². The van der Waals surface area contributed by atoms with E-state index in [2.05, 4.69) is 22.2 Å². The van der Waals surface area contributed by atoms with Crippen LogP contribution in [0.5, 0.6) is 0 Å². The van der Waals surface area contributed by atoms with Gasteiger partial charge in [-0.15, -0.1) is 11.3 Å². The zero-order valence-corrected chi connectivity index (χ0v) is 9.45. The summed E-state index contributed by atoms with van der Waals surface area (Å²) in [4.78, 5) is 7.44. The third kappa shape index (κ3) is 4.04. The summed E-state index contributed by atoms with van der Waals surface area (Å²) in [7, 11) is 4.04. The molecule has 0 atom stereocenters. The summed E-state index contributed by atoms with van der Waals surface area (Å²) in [5.74, 6) is 0. The van der Waals surface area contributed by atoms with Crippen molar-refractivity contribution in [3.05, 3.63) is 15.5 Å². The number of nitrogens with zero attached hydrogens (tertiary/aromatic N) is 2. The van der Waals surface area contributed by atoms with E-state index in [0.29, 0.717) is 4.47 Å². The number of hydrogen-bond acceptors (Lipinski definition) is 4. The van der Waals surface area contributed by atoms with E-state index < -0.39 is 0 Å². The molecule has 1 N–H and O–H groups in total. The van der Waals surface area contributed by atoms with Crippen LogP contribution in [0.4, 0.5) is 0 Å². The molecule has 0 unspecified atom stereocenters. The number of aromatic nitrogens is 1. The zero-order chi connectivity index (χ0) is 9.68. The second-order valence-electron chi connectivity index (χ2n) is 2.92. The molecule has 0 saturated carbocycles. The van der Waals surface area contributed by atoms with Crippen molar-refractivity contribution in [2.45, 2.75) is 6.54 Å². The largest absolute Gasteiger partial charge is 0.318 e. The van der Waals surface area contributed by atoms with Crippen LogP contribution in [-0.4, -0.2) is 37.1 Å². The monoisotopic (exact) mass is 219 g/mol. The number of thiazole rings is 1. The summed E-state index contributed by atoms with van der Waals surface area (Å²) in [5, 5.41) is 3.11. The van der Waals surface area contributed by atoms with Gasteiger partial charge in [0.25, 0.3) is 0 Å². The molecular weight excluding hydrogens is 206 g/mol. The Balaban J connectivity index is 2.31. The molecule has 0 radical (unpaired) electrons. The zero-order valence-electron chi connectivity index (χ0n) is 7.88. The van der Waals surface area contributed by atoms with Crippen LogP contribution in [0.15, 0.2) is 6.20 Å². The molecular formula is C8H14ClN3S. The van der Waals surface area contributed by atoms with Gasteiger partial charge in [0.2, 0.25) is 0 Å². The molecule has 0 aromatic carbocycles. The first-order valence-electron chi connectivity index (χ1n) is 4.15. The smallest absolute Gasteiger partial charge is 0.183 e. The van der Waals surface area contributed by atoms with E-state index in [4.69, 9.17) is 11.6 Å². The second-order valence-corrected chi connectivity index (χ2v) is 4.62. The summed E-state index contributed by atoms with van der Waals surface area (Å²) >= 11 is 7.27. The minimum Gasteiger partial charge on any atom is -0.318 e. The number of likely N-dealkylation sites (N-methyl/N-ethyl adjacent to an activating group) is 2. The SMILES string of the molecule is CNCCN(C)Cc1cnc(Cl)s1. The fourth-order valence-corrected chi connectivity index (χ4v) is 2.06. The molecule has 0 fully saturated rings. The Hall–Kier alpha value is -0.160. The number of halogens is 1. The van der Waals surface area contributed by atoms with Crippen molar-refractivity contribution in [3.63, 3.8) is 0 Å². The molecule has 1 aromatic rings. The second kappa shape index (κ2) is 5.54. The molecule has 0 saturated heterocycles. The number of rotatable bonds is 5. The van der Waals surface area contributed by atoms with Crippen LogP contribution in [0.25, 0.3) is 0 Å². The Labute approximate surface area is 87.7 Å². The van der Waals surface area contributed by atoms with Crippen LogP contribution >= 0.6 is 22.9 Å². The Kier molecular flexibility index (Phi) is 4.66. The maximum Gasteiger partial charge on any atom is 0.183 e. The van der Waals surface area contributed by atoms with Gasteiger partial charge in [-0.2, -0.15) is 0 Å². The average Bonchev–Trinajstić information content (AvgIpc) is 2.48. The molecule has 74 valence electrons. The van der Waals surface area contributed by atoms with E-state index >= 15 is 0 Å². The van der Waals surface area contributed by atoms with Crippen molar-refractivity contribution in [2.75, 3.05) is 27.2 Å². The Bertz CT molecular complexity index is 251. The fraction of sp³-hybridized carbons (Fsp3) is 0.625. The first-order chi connectivity index (χ1) is 6.22. The minimum atomic E-state index is 0.622. The normalized spacial score (nSPS) is 11.1. The quantitative estimate of drug-likeness (QED) is 0.813. The maximum absolute atomic E-state index is 5.72. The van der Waals surface area contributed by atoms with Crippen molar-refractivity contribution in [1.82, 2.24) is 15.2 Å². The summed E-state index contributed by atoms with van der Waals surface area (Å²) < 4.78 is 0.622. The molecule has 0 aliphatic heterocycles. The van der Waals surface area contributed by atoms with Crippen molar-refractivity contribution in [2.24, 2.45) is 0 Å². The lowest BCUT2D eigenvalue weighted by Gasteiger charge is -2.14. The van der Waals surface area contributed by atoms with Crippen molar-refractivity contribution < 1.29 is 0 Å². The highest BCUT2D eigenvalue weighted by molar-refractivity contribution is 7.15. The van der Waals surface area contributed by atoms with Crippen LogP contribution in [0, 0.1) is 0 Å². The van der Waals surface area contributed by atoms with Crippen LogP contribution in [0.3, 0.4) is 0 Å². The van der Waals surface area contributed by atoms with E-state index in [1.165, 1.54) is 4.88 Å². The van der Waals surface area contributed by atoms with Gasteiger partial charge in [-0.3, -0.25) is 4.90 Å². The summed E-state index contributed by atoms with van der Waals surface area (Å²) in [6.07, 6.45) is 1.84. The Morgan fingerprint density at radius 3 is 3.00 bits per heavy atom. The molecule has 0 bridgehead atoms. The molecule has 0 aliphatic rings. The lowest BCUT2D eigenvalue weighted by molar-refractivity contribution is 0.331. The topological polar surface area (TPSA) is 28.2 Å². The van der Waals surface area contributed by atoms with Gasteiger partial charge < -0.3 is 5.32 Å². The summed E-state index contributed by atoms with van der Waals surface area (Å²) in [6, 6.07) is 0. The van der Waals surface area contributed by atoms with Gasteiger partial charge in [-0.25, -0.2) is 4.98 Å². The van der Waals surface area contributed by atoms with Crippen molar-refractivity contribution >= 4 is 22.9 Å². The predicted octanol–water partition coefficient (Wildman–Crippen LogP) is 1.45. The van der Waals surface area contributed by atoms with Gasteiger partial charge in [0.05, 0.1) is 0 Å². The van der Waals surface area contributed by atoms with Gasteiger partial charge in [0, 0.05) is 30.7 Å². The maximum atomic E-state index is 5.72. The standard InChI is InChI=1S/C8H14ClN3S/c1-10-3-4-12(2)6-7-5-11-8(9)13-7/h5,10H,3-4,6H2,1-2H3. The van der Waals surface area contributed by atoms with E-state index in [1.54, 1.807) is 11.3 Å². The Morgan fingerprint density at radius 2 is 2.46 bits per heavy atom. The molecule has 5 heteroatoms. The number of hydrogen-bond donors (Lipinski definition) is 1. The van der Waals surface area contributed by atoms with E-state index in [9.17, 15) is 0 Å². The highest BCUT2D eigenvalue weighted by atomic mass is 35.5. The number of nitrogens with one attached hydrogen (secondary N) is 1. The Morgan fingerprint density at radius 1 is 1.69 bits per heavy atom. The first kappa shape index (κ1) is 10.9. The van der Waals surface area contributed by atoms with Crippen LogP contribution < -0.4 is 5.32 Å². The molecule has 13 heavy (non-hydrogen) atoms. The average molecular weight is 220 g/mol. The molecule has 1 aromatic heterocycles. The van der Waals surface area contributed by atoms with Crippen LogP contribution in [0.1, 0.15) is 4.88 Å². The van der Waals surface area contributed by atoms with Gasteiger partial charge in [-0.05, 0) is 14.1 Å². The van der Waals surface area contributed by atoms with Gasteiger partial charge in [0.1, 0.15) is 0 Å². The van der Waals surface area contributed by atoms with Crippen LogP contribution in [0.2, 0.25) is 4.47 Å². The summed E-state index contributed by atoms with van der Waals surface area (Å²) in [5.41, 5.74) is 0. The lowest BCUT2D eigenvalue weighted by atomic mass is 10.4. The molecule has 0 amide bonds. The van der Waals surface area contributed by atoms with E-state index in [0.717, 1.165) is 19.6 Å².